The van der Waals surface area contributed by atoms with Crippen molar-refractivity contribution in [2.45, 2.75) is 90.5 Å². The Morgan fingerprint density at radius 2 is 1.61 bits per heavy atom. The van der Waals surface area contributed by atoms with Crippen molar-refractivity contribution in [1.82, 2.24) is 20.0 Å². The number of nitrogens with zero attached hydrogens (tertiary/aromatic N) is 2. The van der Waals surface area contributed by atoms with Crippen LogP contribution in [0.4, 0.5) is 0 Å². The number of sulfonamides is 1. The second-order valence-corrected chi connectivity index (χ2v) is 17.0. The summed E-state index contributed by atoms with van der Waals surface area (Å²) in [6, 6.07) is 9.98. The van der Waals surface area contributed by atoms with E-state index in [9.17, 15) is 18.0 Å². The number of carbonyl (C=O) groups excluding carboxylic acids is 2. The first-order chi connectivity index (χ1) is 21.7. The van der Waals surface area contributed by atoms with E-state index in [1.165, 1.54) is 49.0 Å². The summed E-state index contributed by atoms with van der Waals surface area (Å²) in [4.78, 5) is 36.8. The number of aromatic nitrogens is 2. The van der Waals surface area contributed by atoms with Gasteiger partial charge in [-0.15, -0.1) is 11.3 Å². The molecule has 1 saturated carbocycles. The second kappa shape index (κ2) is 14.2. The first-order valence-electron chi connectivity index (χ1n) is 16.3. The summed E-state index contributed by atoms with van der Waals surface area (Å²) in [5.74, 6) is 1.95. The van der Waals surface area contributed by atoms with Crippen molar-refractivity contribution >= 4 is 38.7 Å². The van der Waals surface area contributed by atoms with Gasteiger partial charge in [0.2, 0.25) is 10.0 Å². The Hall–Kier alpha value is -3.37. The maximum absolute atomic E-state index is 13.1. The van der Waals surface area contributed by atoms with Gasteiger partial charge in [0.25, 0.3) is 11.8 Å². The van der Waals surface area contributed by atoms with Crippen LogP contribution in [0, 0.1) is 17.8 Å². The van der Waals surface area contributed by atoms with E-state index >= 15 is 0 Å². The maximum Gasteiger partial charge on any atom is 0.262 e. The summed E-state index contributed by atoms with van der Waals surface area (Å²) in [5, 5.41) is 2.74. The average molecular weight is 663 g/mol. The van der Waals surface area contributed by atoms with Gasteiger partial charge in [-0.05, 0) is 78.5 Å². The number of amides is 2. The van der Waals surface area contributed by atoms with E-state index in [0.717, 1.165) is 58.4 Å². The fourth-order valence-electron chi connectivity index (χ4n) is 6.53. The lowest BCUT2D eigenvalue weighted by Gasteiger charge is -2.34. The quantitative estimate of drug-likeness (QED) is 0.257. The molecule has 0 saturated heterocycles. The summed E-state index contributed by atoms with van der Waals surface area (Å²) >= 11 is 1.36. The van der Waals surface area contributed by atoms with Crippen molar-refractivity contribution in [2.75, 3.05) is 6.26 Å². The largest absolute Gasteiger partial charge is 0.339 e. The summed E-state index contributed by atoms with van der Waals surface area (Å²) in [6.07, 6.45) is 16.2. The number of hydrogen-bond donors (Lipinski definition) is 2. The topological polar surface area (TPSA) is 118 Å². The van der Waals surface area contributed by atoms with Gasteiger partial charge in [0.1, 0.15) is 6.04 Å². The highest BCUT2D eigenvalue weighted by atomic mass is 32.2. The van der Waals surface area contributed by atoms with Gasteiger partial charge in [-0.2, -0.15) is 0 Å². The van der Waals surface area contributed by atoms with Gasteiger partial charge in [-0.25, -0.2) is 18.4 Å². The highest BCUT2D eigenvalue weighted by Gasteiger charge is 2.28. The van der Waals surface area contributed by atoms with Gasteiger partial charge < -0.3 is 5.32 Å². The van der Waals surface area contributed by atoms with Crippen molar-refractivity contribution in [3.63, 3.8) is 0 Å². The van der Waals surface area contributed by atoms with Crippen LogP contribution in [0.25, 0.3) is 17.0 Å². The Balaban J connectivity index is 1.23. The SMILES string of the molecule is CC1CCC(C2CC=C(c3cnc(-c4ccc(C[C@H](NC(=O)c5ccc(C(C)(C)C)s5)C(=O)NS(C)(=O)=O)cc4)nc3)CC2)CC1. The molecule has 2 amide bonds. The molecule has 2 heterocycles. The predicted octanol–water partition coefficient (Wildman–Crippen LogP) is 6.93. The molecule has 0 spiro atoms. The number of carbonyl (C=O) groups is 2. The number of nitrogens with one attached hydrogen (secondary N) is 2. The lowest BCUT2D eigenvalue weighted by atomic mass is 9.71. The van der Waals surface area contributed by atoms with Crippen LogP contribution in [0.15, 0.2) is 54.9 Å². The minimum atomic E-state index is -3.81. The number of rotatable bonds is 9. The highest BCUT2D eigenvalue weighted by molar-refractivity contribution is 7.89. The van der Waals surface area contributed by atoms with E-state index in [0.29, 0.717) is 10.7 Å². The highest BCUT2D eigenvalue weighted by Crippen LogP contribution is 2.41. The molecule has 246 valence electrons. The Kier molecular flexibility index (Phi) is 10.5. The van der Waals surface area contributed by atoms with Gasteiger partial charge in [0.15, 0.2) is 5.82 Å². The smallest absolute Gasteiger partial charge is 0.262 e. The standard InChI is InChI=1S/C36H46N4O4S2/c1-23-6-10-25(11-7-23)26-14-16-27(17-15-26)29-21-37-33(38-22-29)28-12-8-24(9-13-28)20-30(34(41)40-46(5,43)44)39-35(42)31-18-19-32(45-31)36(2,3)4/h8-9,12-13,16,18-19,21-23,25-26,30H,6-7,10-11,14-15,17,20H2,1-5H3,(H,39,42)(H,40,41)/t23?,25?,26?,30-/m0/s1. The minimum Gasteiger partial charge on any atom is -0.339 e. The first kappa shape index (κ1) is 34.0. The Morgan fingerprint density at radius 1 is 0.935 bits per heavy atom. The monoisotopic (exact) mass is 662 g/mol. The van der Waals surface area contributed by atoms with Gasteiger partial charge in [0, 0.05) is 34.8 Å². The molecular weight excluding hydrogens is 617 g/mol. The lowest BCUT2D eigenvalue weighted by Crippen LogP contribution is -2.49. The molecule has 0 aliphatic heterocycles. The van der Waals surface area contributed by atoms with Crippen molar-refractivity contribution in [3.8, 4) is 11.4 Å². The molecule has 5 rings (SSSR count). The molecule has 10 heteroatoms. The van der Waals surface area contributed by atoms with Crippen LogP contribution in [0.1, 0.15) is 98.3 Å². The zero-order chi connectivity index (χ0) is 33.1. The molecule has 46 heavy (non-hydrogen) atoms. The second-order valence-electron chi connectivity index (χ2n) is 14.2. The molecule has 0 radical (unpaired) electrons. The normalized spacial score (nSPS) is 21.2. The Labute approximate surface area is 277 Å². The van der Waals surface area contributed by atoms with E-state index < -0.39 is 27.9 Å². The molecule has 2 aliphatic rings. The van der Waals surface area contributed by atoms with E-state index in [1.807, 2.05) is 47.4 Å². The molecule has 0 bridgehead atoms. The molecule has 8 nitrogen and oxygen atoms in total. The van der Waals surface area contributed by atoms with Crippen LogP contribution in [0.3, 0.4) is 0 Å². The van der Waals surface area contributed by atoms with Crippen LogP contribution < -0.4 is 10.0 Å². The number of allylic oxidation sites excluding steroid dienone is 2. The zero-order valence-corrected chi connectivity index (χ0v) is 29.1. The number of hydrogen-bond acceptors (Lipinski definition) is 7. The summed E-state index contributed by atoms with van der Waals surface area (Å²) < 4.78 is 25.7. The van der Waals surface area contributed by atoms with Crippen molar-refractivity contribution in [3.05, 3.63) is 75.7 Å². The molecule has 1 unspecified atom stereocenters. The van der Waals surface area contributed by atoms with Crippen LogP contribution >= 0.6 is 11.3 Å². The van der Waals surface area contributed by atoms with E-state index in [1.54, 1.807) is 6.07 Å². The Bertz CT molecular complexity index is 1660. The summed E-state index contributed by atoms with van der Waals surface area (Å²) in [6.45, 7) is 8.57. The zero-order valence-electron chi connectivity index (χ0n) is 27.5. The van der Waals surface area contributed by atoms with Crippen molar-refractivity contribution in [1.29, 1.82) is 0 Å². The molecular formula is C36H46N4O4S2. The van der Waals surface area contributed by atoms with Crippen molar-refractivity contribution in [2.24, 2.45) is 17.8 Å². The van der Waals surface area contributed by atoms with Crippen LogP contribution in [-0.2, 0) is 26.7 Å². The third-order valence-electron chi connectivity index (χ3n) is 9.33. The van der Waals surface area contributed by atoms with Gasteiger partial charge in [-0.3, -0.25) is 14.3 Å². The first-order valence-corrected chi connectivity index (χ1v) is 19.0. The number of benzene rings is 1. The molecule has 2 atom stereocenters. The molecule has 2 N–H and O–H groups in total. The Morgan fingerprint density at radius 3 is 2.17 bits per heavy atom. The van der Waals surface area contributed by atoms with Gasteiger partial charge in [0.05, 0.1) is 11.1 Å². The van der Waals surface area contributed by atoms with E-state index in [-0.39, 0.29) is 11.8 Å². The fraction of sp³-hybridized carbons (Fsp3) is 0.500. The minimum absolute atomic E-state index is 0.111. The molecule has 1 aromatic carbocycles. The average Bonchev–Trinajstić information content (AvgIpc) is 3.53. The third kappa shape index (κ3) is 8.91. The summed E-state index contributed by atoms with van der Waals surface area (Å²) in [7, 11) is -3.81. The van der Waals surface area contributed by atoms with Gasteiger partial charge >= 0.3 is 0 Å². The van der Waals surface area contributed by atoms with Crippen LogP contribution in [-0.4, -0.2) is 42.5 Å². The molecule has 1 fully saturated rings. The fourth-order valence-corrected chi connectivity index (χ4v) is 8.00. The van der Waals surface area contributed by atoms with Crippen molar-refractivity contribution < 1.29 is 18.0 Å². The molecule has 3 aromatic rings. The van der Waals surface area contributed by atoms with Crippen LogP contribution in [0.5, 0.6) is 0 Å². The molecule has 2 aliphatic carbocycles. The molecule has 2 aromatic heterocycles. The van der Waals surface area contributed by atoms with E-state index in [2.05, 4.69) is 49.1 Å². The number of thiophene rings is 1. The van der Waals surface area contributed by atoms with E-state index in [4.69, 9.17) is 0 Å². The third-order valence-corrected chi connectivity index (χ3v) is 11.4. The maximum atomic E-state index is 13.1. The predicted molar refractivity (Wildman–Crippen MR) is 185 cm³/mol. The summed E-state index contributed by atoms with van der Waals surface area (Å²) in [5.41, 5.74) is 3.87. The lowest BCUT2D eigenvalue weighted by molar-refractivity contribution is -0.121. The van der Waals surface area contributed by atoms with Crippen LogP contribution in [0.2, 0.25) is 0 Å². The van der Waals surface area contributed by atoms with Gasteiger partial charge in [-0.1, -0.05) is 70.9 Å².